The zero-order valence-corrected chi connectivity index (χ0v) is 9.29. The van der Waals surface area contributed by atoms with Crippen LogP contribution in [0.2, 0.25) is 0 Å². The third-order valence-electron chi connectivity index (χ3n) is 2.56. The fourth-order valence-corrected chi connectivity index (χ4v) is 3.39. The Kier molecular flexibility index (Phi) is 4.06. The van der Waals surface area contributed by atoms with Gasteiger partial charge in [-0.25, -0.2) is 8.42 Å². The van der Waals surface area contributed by atoms with Crippen LogP contribution < -0.4 is 16.8 Å². The number of hydrogen-bond donors (Lipinski definition) is 3. The van der Waals surface area contributed by atoms with Crippen LogP contribution in [-0.2, 0) is 14.6 Å². The van der Waals surface area contributed by atoms with Crippen molar-refractivity contribution in [2.75, 3.05) is 18.8 Å². The van der Waals surface area contributed by atoms with Crippen molar-refractivity contribution in [2.45, 2.75) is 24.1 Å². The third kappa shape index (κ3) is 3.44. The summed E-state index contributed by atoms with van der Waals surface area (Å²) in [5.74, 6) is -0.321. The molecule has 1 amide bonds. The minimum Gasteiger partial charge on any atom is -0.368 e. The van der Waals surface area contributed by atoms with Gasteiger partial charge in [0.05, 0.1) is 17.0 Å². The van der Waals surface area contributed by atoms with E-state index in [0.29, 0.717) is 13.0 Å². The van der Waals surface area contributed by atoms with Crippen molar-refractivity contribution in [3.63, 3.8) is 0 Å². The van der Waals surface area contributed by atoms with Gasteiger partial charge in [0.15, 0.2) is 9.84 Å². The van der Waals surface area contributed by atoms with Crippen LogP contribution >= 0.6 is 0 Å². The molecule has 0 bridgehead atoms. The molecule has 0 saturated carbocycles. The number of carbonyl (C=O) groups excluding carboxylic acids is 1. The van der Waals surface area contributed by atoms with Crippen molar-refractivity contribution in [3.05, 3.63) is 0 Å². The van der Waals surface area contributed by atoms with Crippen molar-refractivity contribution in [1.82, 2.24) is 5.32 Å². The van der Waals surface area contributed by atoms with Gasteiger partial charge < -0.3 is 16.8 Å². The van der Waals surface area contributed by atoms with Crippen molar-refractivity contribution in [1.29, 1.82) is 0 Å². The lowest BCUT2D eigenvalue weighted by Gasteiger charge is -2.12. The van der Waals surface area contributed by atoms with Crippen LogP contribution in [0.1, 0.15) is 12.8 Å². The molecule has 1 aliphatic heterocycles. The molecule has 0 aromatic heterocycles. The molecular formula is C8H17N3O3S. The first kappa shape index (κ1) is 12.4. The number of nitrogens with two attached hydrogens (primary N) is 2. The maximum Gasteiger partial charge on any atom is 0.235 e. The third-order valence-corrected chi connectivity index (χ3v) is 4.84. The zero-order valence-electron chi connectivity index (χ0n) is 8.48. The minimum atomic E-state index is -2.92. The fourth-order valence-electron chi connectivity index (χ4n) is 1.59. The van der Waals surface area contributed by atoms with Crippen LogP contribution in [0, 0.1) is 0 Å². The summed E-state index contributed by atoms with van der Waals surface area (Å²) < 4.78 is 22.8. The summed E-state index contributed by atoms with van der Waals surface area (Å²) in [6.07, 6.45) is 1.40. The minimum absolute atomic E-state index is 0.224. The summed E-state index contributed by atoms with van der Waals surface area (Å²) in [7, 11) is -2.92. The van der Waals surface area contributed by atoms with Crippen LogP contribution in [0.4, 0.5) is 0 Å². The normalized spacial score (nSPS) is 26.3. The Morgan fingerprint density at radius 3 is 2.67 bits per heavy atom. The number of rotatable bonds is 5. The number of sulfone groups is 1. The quantitative estimate of drug-likeness (QED) is 0.508. The Hall–Kier alpha value is -0.660. The van der Waals surface area contributed by atoms with Gasteiger partial charge >= 0.3 is 0 Å². The first-order valence-electron chi connectivity index (χ1n) is 4.90. The number of nitrogens with one attached hydrogen (secondary N) is 1. The first-order valence-corrected chi connectivity index (χ1v) is 6.62. The van der Waals surface area contributed by atoms with Crippen LogP contribution in [0.25, 0.3) is 0 Å². The Morgan fingerprint density at radius 1 is 1.53 bits per heavy atom. The summed E-state index contributed by atoms with van der Waals surface area (Å²) >= 11 is 0. The number of amides is 1. The van der Waals surface area contributed by atoms with E-state index >= 15 is 0 Å². The molecule has 1 rings (SSSR count). The van der Waals surface area contributed by atoms with E-state index < -0.39 is 21.8 Å². The zero-order chi connectivity index (χ0) is 11.5. The highest BCUT2D eigenvalue weighted by Gasteiger charge is 2.30. The maximum atomic E-state index is 11.4. The van der Waals surface area contributed by atoms with Crippen LogP contribution in [0.15, 0.2) is 0 Å². The van der Waals surface area contributed by atoms with E-state index in [-0.39, 0.29) is 17.5 Å². The molecule has 0 radical (unpaired) electrons. The van der Waals surface area contributed by atoms with Gasteiger partial charge in [-0.05, 0) is 12.8 Å². The predicted octanol–water partition coefficient (Wildman–Crippen LogP) is -2.03. The second-order valence-corrected chi connectivity index (χ2v) is 6.20. The second-order valence-electron chi connectivity index (χ2n) is 3.80. The molecule has 1 heterocycles. The Balaban J connectivity index is 2.29. The molecule has 5 N–H and O–H groups in total. The molecule has 0 aliphatic carbocycles. The Labute approximate surface area is 89.3 Å². The van der Waals surface area contributed by atoms with E-state index in [4.69, 9.17) is 11.5 Å². The van der Waals surface area contributed by atoms with E-state index in [2.05, 4.69) is 5.32 Å². The van der Waals surface area contributed by atoms with Crippen LogP contribution in [0.5, 0.6) is 0 Å². The van der Waals surface area contributed by atoms with Crippen LogP contribution in [0.3, 0.4) is 0 Å². The second kappa shape index (κ2) is 4.91. The largest absolute Gasteiger partial charge is 0.368 e. The van der Waals surface area contributed by atoms with Gasteiger partial charge in [0.1, 0.15) is 0 Å². The molecule has 1 aliphatic rings. The van der Waals surface area contributed by atoms with Gasteiger partial charge in [0.25, 0.3) is 0 Å². The molecule has 2 atom stereocenters. The number of carbonyl (C=O) groups is 1. The standard InChI is InChI=1S/C8H17N3O3S/c9-7(8(10)12)5-11-4-6-2-1-3-15(6,13)14/h6-7,11H,1-5,9H2,(H2,10,12). The van der Waals surface area contributed by atoms with E-state index in [1.54, 1.807) is 0 Å². The summed E-state index contributed by atoms with van der Waals surface area (Å²) in [4.78, 5) is 10.6. The van der Waals surface area contributed by atoms with Crippen molar-refractivity contribution < 1.29 is 13.2 Å². The predicted molar refractivity (Wildman–Crippen MR) is 56.8 cm³/mol. The van der Waals surface area contributed by atoms with E-state index in [1.165, 1.54) is 0 Å². The molecule has 0 aromatic carbocycles. The smallest absolute Gasteiger partial charge is 0.235 e. The highest BCUT2D eigenvalue weighted by molar-refractivity contribution is 7.92. The van der Waals surface area contributed by atoms with Crippen molar-refractivity contribution >= 4 is 15.7 Å². The fraction of sp³-hybridized carbons (Fsp3) is 0.875. The molecule has 0 aromatic rings. The Bertz CT molecular complexity index is 328. The molecular weight excluding hydrogens is 218 g/mol. The van der Waals surface area contributed by atoms with Gasteiger partial charge in [-0.3, -0.25) is 4.79 Å². The topological polar surface area (TPSA) is 115 Å². The number of hydrogen-bond acceptors (Lipinski definition) is 5. The molecule has 6 nitrogen and oxygen atoms in total. The molecule has 88 valence electrons. The SMILES string of the molecule is NC(=O)C(N)CNCC1CCCS1(=O)=O. The Morgan fingerprint density at radius 2 is 2.20 bits per heavy atom. The van der Waals surface area contributed by atoms with E-state index in [9.17, 15) is 13.2 Å². The lowest BCUT2D eigenvalue weighted by atomic mass is 10.2. The molecule has 0 spiro atoms. The molecule has 2 unspecified atom stereocenters. The summed E-state index contributed by atoms with van der Waals surface area (Å²) in [5.41, 5.74) is 10.3. The van der Waals surface area contributed by atoms with Crippen LogP contribution in [-0.4, -0.2) is 44.5 Å². The lowest BCUT2D eigenvalue weighted by Crippen LogP contribution is -2.46. The molecule has 15 heavy (non-hydrogen) atoms. The van der Waals surface area contributed by atoms with Gasteiger partial charge in [0.2, 0.25) is 5.91 Å². The number of primary amides is 1. The first-order chi connectivity index (χ1) is 6.93. The van der Waals surface area contributed by atoms with Gasteiger partial charge in [-0.2, -0.15) is 0 Å². The summed E-state index contributed by atoms with van der Waals surface area (Å²) in [5, 5.41) is 2.52. The summed E-state index contributed by atoms with van der Waals surface area (Å²) in [6.45, 7) is 0.574. The van der Waals surface area contributed by atoms with Crippen molar-refractivity contribution in [3.8, 4) is 0 Å². The van der Waals surface area contributed by atoms with Crippen molar-refractivity contribution in [2.24, 2.45) is 11.5 Å². The average molecular weight is 235 g/mol. The molecule has 1 saturated heterocycles. The highest BCUT2D eigenvalue weighted by Crippen LogP contribution is 2.18. The highest BCUT2D eigenvalue weighted by atomic mass is 32.2. The monoisotopic (exact) mass is 235 g/mol. The van der Waals surface area contributed by atoms with E-state index in [0.717, 1.165) is 6.42 Å². The van der Waals surface area contributed by atoms with E-state index in [1.807, 2.05) is 0 Å². The molecule has 7 heteroatoms. The lowest BCUT2D eigenvalue weighted by molar-refractivity contribution is -0.119. The van der Waals surface area contributed by atoms with Gasteiger partial charge in [-0.15, -0.1) is 0 Å². The van der Waals surface area contributed by atoms with Gasteiger partial charge in [-0.1, -0.05) is 0 Å². The van der Waals surface area contributed by atoms with Gasteiger partial charge in [0, 0.05) is 13.1 Å². The maximum absolute atomic E-state index is 11.4. The summed E-state index contributed by atoms with van der Waals surface area (Å²) in [6, 6.07) is -0.755. The average Bonchev–Trinajstić information content (AvgIpc) is 2.45. The molecule has 1 fully saturated rings.